The molecule has 4 rings (SSSR count). The number of hydrogen-bond acceptors (Lipinski definition) is 4. The van der Waals surface area contributed by atoms with Crippen LogP contribution < -0.4 is 10.2 Å². The van der Waals surface area contributed by atoms with Crippen LogP contribution >= 0.6 is 0 Å². The number of benzene rings is 2. The smallest absolute Gasteiger partial charge is 0.256 e. The van der Waals surface area contributed by atoms with Crippen molar-refractivity contribution in [2.24, 2.45) is 0 Å². The van der Waals surface area contributed by atoms with Crippen molar-refractivity contribution in [2.75, 3.05) is 36.4 Å². The van der Waals surface area contributed by atoms with Gasteiger partial charge >= 0.3 is 0 Å². The summed E-state index contributed by atoms with van der Waals surface area (Å²) in [7, 11) is 0. The third kappa shape index (κ3) is 3.73. The minimum Gasteiger partial charge on any atom is -0.391 e. The number of rotatable bonds is 4. The summed E-state index contributed by atoms with van der Waals surface area (Å²) >= 11 is 0. The first-order chi connectivity index (χ1) is 13.6. The number of fused-ring (bicyclic) bond motifs is 1. The Bertz CT molecular complexity index is 883. The van der Waals surface area contributed by atoms with Gasteiger partial charge in [-0.3, -0.25) is 9.59 Å². The van der Waals surface area contributed by atoms with Gasteiger partial charge in [-0.15, -0.1) is 0 Å². The highest BCUT2D eigenvalue weighted by atomic mass is 16.3. The second-order valence-electron chi connectivity index (χ2n) is 7.37. The van der Waals surface area contributed by atoms with Gasteiger partial charge in [-0.1, -0.05) is 30.3 Å². The molecular weight excluding hydrogens is 354 g/mol. The van der Waals surface area contributed by atoms with Gasteiger partial charge in [0.1, 0.15) is 0 Å². The van der Waals surface area contributed by atoms with E-state index in [1.54, 1.807) is 15.9 Å². The molecule has 0 bridgehead atoms. The van der Waals surface area contributed by atoms with Crippen LogP contribution in [-0.2, 0) is 11.2 Å². The highest BCUT2D eigenvalue weighted by molar-refractivity contribution is 6.02. The Hall–Kier alpha value is -2.86. The number of piperidine rings is 1. The second-order valence-corrected chi connectivity index (χ2v) is 7.37. The van der Waals surface area contributed by atoms with Crippen LogP contribution in [0.5, 0.6) is 0 Å². The molecule has 28 heavy (non-hydrogen) atoms. The van der Waals surface area contributed by atoms with Crippen LogP contribution in [0, 0.1) is 0 Å². The number of likely N-dealkylation sites (tertiary alicyclic amines) is 1. The summed E-state index contributed by atoms with van der Waals surface area (Å²) in [4.78, 5) is 29.1. The van der Waals surface area contributed by atoms with E-state index in [9.17, 15) is 14.7 Å². The number of nitrogens with zero attached hydrogens (tertiary/aromatic N) is 2. The van der Waals surface area contributed by atoms with Crippen LogP contribution in [0.4, 0.5) is 11.4 Å². The molecule has 2 heterocycles. The van der Waals surface area contributed by atoms with Crippen LogP contribution in [0.1, 0.15) is 28.8 Å². The Kier molecular flexibility index (Phi) is 5.30. The van der Waals surface area contributed by atoms with Crippen LogP contribution in [-0.4, -0.2) is 54.1 Å². The number of hydrogen-bond donors (Lipinski definition) is 2. The highest BCUT2D eigenvalue weighted by Gasteiger charge is 2.26. The number of carbonyl (C=O) groups is 2. The van der Waals surface area contributed by atoms with Gasteiger partial charge in [0, 0.05) is 31.0 Å². The molecule has 2 amide bonds. The number of aliphatic hydroxyl groups excluding tert-OH is 1. The minimum atomic E-state index is -0.463. The first kappa shape index (κ1) is 18.5. The van der Waals surface area contributed by atoms with Gasteiger partial charge in [0.15, 0.2) is 0 Å². The van der Waals surface area contributed by atoms with E-state index in [4.69, 9.17) is 0 Å². The van der Waals surface area contributed by atoms with E-state index in [0.717, 1.165) is 24.9 Å². The number of nitrogens with one attached hydrogen (secondary N) is 1. The lowest BCUT2D eigenvalue weighted by Gasteiger charge is -2.30. The Balaban J connectivity index is 1.44. The summed E-state index contributed by atoms with van der Waals surface area (Å²) in [5.41, 5.74) is 3.34. The first-order valence-electron chi connectivity index (χ1n) is 9.82. The lowest BCUT2D eigenvalue weighted by molar-refractivity contribution is -0.116. The maximum atomic E-state index is 12.9. The van der Waals surface area contributed by atoms with Crippen molar-refractivity contribution in [1.29, 1.82) is 0 Å². The molecule has 2 aromatic rings. The van der Waals surface area contributed by atoms with Crippen molar-refractivity contribution in [2.45, 2.75) is 25.4 Å². The molecule has 1 fully saturated rings. The van der Waals surface area contributed by atoms with Gasteiger partial charge in [0.05, 0.1) is 18.2 Å². The molecule has 6 heteroatoms. The Morgan fingerprint density at radius 3 is 2.71 bits per heavy atom. The summed E-state index contributed by atoms with van der Waals surface area (Å²) < 4.78 is 0. The standard InChI is InChI=1S/C22H25N3O3/c26-17-7-5-12-24(15-17)22(28)18-8-2-3-9-19(18)23-14-21(27)25-13-11-16-6-1-4-10-20(16)25/h1-4,6,8-10,17,23,26H,5,7,11-15H2/t17-/m0/s1. The average molecular weight is 379 g/mol. The van der Waals surface area contributed by atoms with E-state index in [2.05, 4.69) is 11.4 Å². The Morgan fingerprint density at radius 2 is 1.86 bits per heavy atom. The number of amides is 2. The van der Waals surface area contributed by atoms with Crippen molar-refractivity contribution < 1.29 is 14.7 Å². The van der Waals surface area contributed by atoms with E-state index < -0.39 is 6.10 Å². The molecule has 2 aliphatic rings. The summed E-state index contributed by atoms with van der Waals surface area (Å²) in [6.45, 7) is 1.82. The van der Waals surface area contributed by atoms with Crippen molar-refractivity contribution in [3.63, 3.8) is 0 Å². The molecule has 6 nitrogen and oxygen atoms in total. The Labute approximate surface area is 164 Å². The van der Waals surface area contributed by atoms with Crippen LogP contribution in [0.2, 0.25) is 0 Å². The molecule has 0 spiro atoms. The highest BCUT2D eigenvalue weighted by Crippen LogP contribution is 2.27. The number of para-hydroxylation sites is 2. The number of carbonyl (C=O) groups excluding carboxylic acids is 2. The van der Waals surface area contributed by atoms with E-state index in [1.807, 2.05) is 36.4 Å². The third-order valence-corrected chi connectivity index (χ3v) is 5.46. The fraction of sp³-hybridized carbons (Fsp3) is 0.364. The van der Waals surface area contributed by atoms with Gasteiger partial charge < -0.3 is 20.2 Å². The minimum absolute atomic E-state index is 0.0133. The zero-order chi connectivity index (χ0) is 19.5. The molecule has 1 atom stereocenters. The third-order valence-electron chi connectivity index (χ3n) is 5.46. The van der Waals surface area contributed by atoms with E-state index >= 15 is 0 Å². The van der Waals surface area contributed by atoms with E-state index in [-0.39, 0.29) is 18.4 Å². The van der Waals surface area contributed by atoms with Crippen LogP contribution in [0.15, 0.2) is 48.5 Å². The van der Waals surface area contributed by atoms with E-state index in [1.165, 1.54) is 5.56 Å². The molecular formula is C22H25N3O3. The molecule has 2 N–H and O–H groups in total. The largest absolute Gasteiger partial charge is 0.391 e. The predicted molar refractivity (Wildman–Crippen MR) is 109 cm³/mol. The number of anilines is 2. The molecule has 0 aliphatic carbocycles. The summed E-state index contributed by atoms with van der Waals surface area (Å²) in [6, 6.07) is 15.2. The monoisotopic (exact) mass is 379 g/mol. The lowest BCUT2D eigenvalue weighted by atomic mass is 10.1. The Morgan fingerprint density at radius 1 is 1.07 bits per heavy atom. The maximum Gasteiger partial charge on any atom is 0.256 e. The topological polar surface area (TPSA) is 72.9 Å². The molecule has 0 unspecified atom stereocenters. The molecule has 0 radical (unpaired) electrons. The maximum absolute atomic E-state index is 12.9. The lowest BCUT2D eigenvalue weighted by Crippen LogP contribution is -2.42. The summed E-state index contributed by atoms with van der Waals surface area (Å²) in [5.74, 6) is -0.124. The van der Waals surface area contributed by atoms with Crippen molar-refractivity contribution in [1.82, 2.24) is 4.90 Å². The number of aliphatic hydroxyl groups is 1. The molecule has 0 saturated carbocycles. The average Bonchev–Trinajstić information content (AvgIpc) is 3.16. The van der Waals surface area contributed by atoms with E-state index in [0.29, 0.717) is 30.9 Å². The zero-order valence-electron chi connectivity index (χ0n) is 15.8. The second kappa shape index (κ2) is 8.02. The van der Waals surface area contributed by atoms with Crippen molar-refractivity contribution in [3.8, 4) is 0 Å². The van der Waals surface area contributed by atoms with Gasteiger partial charge in [0.25, 0.3) is 5.91 Å². The fourth-order valence-corrected chi connectivity index (χ4v) is 4.00. The zero-order valence-corrected chi connectivity index (χ0v) is 15.8. The fourth-order valence-electron chi connectivity index (χ4n) is 4.00. The SMILES string of the molecule is O=C(c1ccccc1NCC(=O)N1CCc2ccccc21)N1CCC[C@H](O)C1. The molecule has 0 aromatic heterocycles. The molecule has 2 aliphatic heterocycles. The van der Waals surface area contributed by atoms with Crippen LogP contribution in [0.3, 0.4) is 0 Å². The van der Waals surface area contributed by atoms with Crippen molar-refractivity contribution >= 4 is 23.2 Å². The predicted octanol–water partition coefficient (Wildman–Crippen LogP) is 2.28. The van der Waals surface area contributed by atoms with Gasteiger partial charge in [-0.05, 0) is 43.0 Å². The quantitative estimate of drug-likeness (QED) is 0.855. The molecule has 2 aromatic carbocycles. The first-order valence-corrected chi connectivity index (χ1v) is 9.82. The molecule has 146 valence electrons. The normalized spacial score (nSPS) is 18.7. The molecule has 1 saturated heterocycles. The summed E-state index contributed by atoms with van der Waals surface area (Å²) in [5, 5.41) is 13.0. The van der Waals surface area contributed by atoms with Crippen LogP contribution in [0.25, 0.3) is 0 Å². The van der Waals surface area contributed by atoms with Gasteiger partial charge in [-0.2, -0.15) is 0 Å². The summed E-state index contributed by atoms with van der Waals surface area (Å²) in [6.07, 6.45) is 1.94. The van der Waals surface area contributed by atoms with Gasteiger partial charge in [0.2, 0.25) is 5.91 Å². The van der Waals surface area contributed by atoms with Crippen molar-refractivity contribution in [3.05, 3.63) is 59.7 Å². The van der Waals surface area contributed by atoms with Gasteiger partial charge in [-0.25, -0.2) is 0 Å². The number of β-amino-alcohol motifs (C(OH)–C–C–N with tert-alkyl or cyclic N) is 1.